The standard InChI is InChI=1S/C24H46O2/c1-5-7-9-11-13-15-17-19-21-23(3,25)24(4,26)22-20-18-16-14-12-10-8-6-2/h5-6,25-26H,1-2,7-22H2,3-4H3/t23-,24-/m0/s1. The Morgan fingerprint density at radius 2 is 0.808 bits per heavy atom. The van der Waals surface area contributed by atoms with Gasteiger partial charge >= 0.3 is 0 Å². The summed E-state index contributed by atoms with van der Waals surface area (Å²) >= 11 is 0. The summed E-state index contributed by atoms with van der Waals surface area (Å²) in [7, 11) is 0. The first kappa shape index (κ1) is 25.4. The molecule has 0 amide bonds. The molecule has 26 heavy (non-hydrogen) atoms. The summed E-state index contributed by atoms with van der Waals surface area (Å²) in [5.74, 6) is 0. The van der Waals surface area contributed by atoms with E-state index in [1.165, 1.54) is 51.4 Å². The van der Waals surface area contributed by atoms with Crippen LogP contribution in [0.3, 0.4) is 0 Å². The Hall–Kier alpha value is -0.600. The molecule has 0 aromatic heterocycles. The lowest BCUT2D eigenvalue weighted by Gasteiger charge is -2.39. The highest BCUT2D eigenvalue weighted by molar-refractivity contribution is 4.93. The van der Waals surface area contributed by atoms with Crippen molar-refractivity contribution >= 4 is 0 Å². The zero-order valence-corrected chi connectivity index (χ0v) is 17.8. The third-order valence-corrected chi connectivity index (χ3v) is 5.80. The molecule has 0 aromatic rings. The molecule has 2 heteroatoms. The summed E-state index contributed by atoms with van der Waals surface area (Å²) in [5, 5.41) is 21.5. The van der Waals surface area contributed by atoms with Gasteiger partial charge in [-0.15, -0.1) is 13.2 Å². The Bertz CT molecular complexity index is 310. The predicted octanol–water partition coefficient (Wildman–Crippen LogP) is 7.10. The Morgan fingerprint density at radius 1 is 0.538 bits per heavy atom. The summed E-state index contributed by atoms with van der Waals surface area (Å²) in [6, 6.07) is 0. The first-order chi connectivity index (χ1) is 12.4. The molecule has 0 bridgehead atoms. The molecule has 0 unspecified atom stereocenters. The summed E-state index contributed by atoms with van der Waals surface area (Å²) < 4.78 is 0. The van der Waals surface area contributed by atoms with E-state index in [0.29, 0.717) is 12.8 Å². The second-order valence-corrected chi connectivity index (χ2v) is 8.45. The zero-order valence-electron chi connectivity index (χ0n) is 17.8. The van der Waals surface area contributed by atoms with E-state index in [0.717, 1.165) is 38.5 Å². The average molecular weight is 367 g/mol. The molecule has 0 spiro atoms. The average Bonchev–Trinajstić information content (AvgIpc) is 2.59. The van der Waals surface area contributed by atoms with Crippen LogP contribution in [-0.4, -0.2) is 21.4 Å². The molecule has 0 aliphatic rings. The van der Waals surface area contributed by atoms with Gasteiger partial charge in [-0.05, 0) is 52.4 Å². The van der Waals surface area contributed by atoms with Crippen molar-refractivity contribution < 1.29 is 10.2 Å². The number of unbranched alkanes of at least 4 members (excludes halogenated alkanes) is 12. The maximum atomic E-state index is 10.7. The smallest absolute Gasteiger partial charge is 0.0902 e. The fraction of sp³-hybridized carbons (Fsp3) is 0.833. The molecular formula is C24H46O2. The fourth-order valence-corrected chi connectivity index (χ4v) is 3.47. The van der Waals surface area contributed by atoms with E-state index in [9.17, 15) is 10.2 Å². The Labute approximate surface area is 163 Å². The van der Waals surface area contributed by atoms with Crippen molar-refractivity contribution in [3.63, 3.8) is 0 Å². The normalized spacial score (nSPS) is 16.0. The lowest BCUT2D eigenvalue weighted by Crippen LogP contribution is -2.49. The van der Waals surface area contributed by atoms with Gasteiger partial charge in [0.05, 0.1) is 11.2 Å². The van der Waals surface area contributed by atoms with Crippen LogP contribution in [0.1, 0.15) is 117 Å². The van der Waals surface area contributed by atoms with Crippen LogP contribution in [0.5, 0.6) is 0 Å². The Kier molecular flexibility index (Phi) is 15.1. The van der Waals surface area contributed by atoms with Crippen molar-refractivity contribution in [1.29, 1.82) is 0 Å². The van der Waals surface area contributed by atoms with Gasteiger partial charge < -0.3 is 10.2 Å². The number of hydrogen-bond donors (Lipinski definition) is 2. The van der Waals surface area contributed by atoms with Crippen molar-refractivity contribution in [2.75, 3.05) is 0 Å². The van der Waals surface area contributed by atoms with Crippen LogP contribution < -0.4 is 0 Å². The highest BCUT2D eigenvalue weighted by Crippen LogP contribution is 2.32. The van der Waals surface area contributed by atoms with Gasteiger partial charge in [-0.2, -0.15) is 0 Å². The van der Waals surface area contributed by atoms with Crippen molar-refractivity contribution in [3.8, 4) is 0 Å². The van der Waals surface area contributed by atoms with Crippen molar-refractivity contribution in [3.05, 3.63) is 25.3 Å². The molecule has 0 saturated carbocycles. The van der Waals surface area contributed by atoms with Crippen LogP contribution in [0.15, 0.2) is 25.3 Å². The molecule has 0 aliphatic carbocycles. The first-order valence-electron chi connectivity index (χ1n) is 11.0. The van der Waals surface area contributed by atoms with Crippen molar-refractivity contribution in [2.45, 2.75) is 128 Å². The van der Waals surface area contributed by atoms with E-state index in [2.05, 4.69) is 13.2 Å². The maximum Gasteiger partial charge on any atom is 0.0902 e. The number of aliphatic hydroxyl groups is 2. The summed E-state index contributed by atoms with van der Waals surface area (Å²) in [6.45, 7) is 11.1. The van der Waals surface area contributed by atoms with Gasteiger partial charge in [0.1, 0.15) is 0 Å². The molecule has 0 rings (SSSR count). The minimum absolute atomic E-state index is 0.689. The lowest BCUT2D eigenvalue weighted by atomic mass is 9.78. The van der Waals surface area contributed by atoms with Crippen LogP contribution >= 0.6 is 0 Å². The van der Waals surface area contributed by atoms with E-state index >= 15 is 0 Å². The lowest BCUT2D eigenvalue weighted by molar-refractivity contribution is -0.140. The molecule has 0 saturated heterocycles. The van der Waals surface area contributed by atoms with E-state index in [1.54, 1.807) is 0 Å². The van der Waals surface area contributed by atoms with Gasteiger partial charge in [-0.3, -0.25) is 0 Å². The largest absolute Gasteiger partial charge is 0.387 e. The zero-order chi connectivity index (χ0) is 19.7. The molecule has 2 atom stereocenters. The number of rotatable bonds is 19. The van der Waals surface area contributed by atoms with Gasteiger partial charge in [0.2, 0.25) is 0 Å². The van der Waals surface area contributed by atoms with Gasteiger partial charge in [0, 0.05) is 0 Å². The number of hydrogen-bond acceptors (Lipinski definition) is 2. The SMILES string of the molecule is C=CCCCCCCCC[C@](C)(O)[C@@](C)(O)CCCCCCCCC=C. The maximum absolute atomic E-state index is 10.7. The summed E-state index contributed by atoms with van der Waals surface area (Å²) in [6.07, 6.45) is 21.9. The van der Waals surface area contributed by atoms with Gasteiger partial charge in [0.15, 0.2) is 0 Å². The summed E-state index contributed by atoms with van der Waals surface area (Å²) in [5.41, 5.74) is -1.97. The van der Waals surface area contributed by atoms with Crippen molar-refractivity contribution in [1.82, 2.24) is 0 Å². The second-order valence-electron chi connectivity index (χ2n) is 8.45. The molecule has 2 nitrogen and oxygen atoms in total. The highest BCUT2D eigenvalue weighted by atomic mass is 16.4. The highest BCUT2D eigenvalue weighted by Gasteiger charge is 2.40. The fourth-order valence-electron chi connectivity index (χ4n) is 3.47. The Morgan fingerprint density at radius 3 is 1.12 bits per heavy atom. The monoisotopic (exact) mass is 366 g/mol. The van der Waals surface area contributed by atoms with Crippen molar-refractivity contribution in [2.24, 2.45) is 0 Å². The van der Waals surface area contributed by atoms with E-state index < -0.39 is 11.2 Å². The molecule has 0 fully saturated rings. The second kappa shape index (κ2) is 15.5. The van der Waals surface area contributed by atoms with Gasteiger partial charge in [0.25, 0.3) is 0 Å². The number of allylic oxidation sites excluding steroid dienone is 2. The third kappa shape index (κ3) is 12.7. The predicted molar refractivity (Wildman–Crippen MR) is 116 cm³/mol. The third-order valence-electron chi connectivity index (χ3n) is 5.80. The molecule has 154 valence electrons. The van der Waals surface area contributed by atoms with E-state index in [-0.39, 0.29) is 0 Å². The summed E-state index contributed by atoms with van der Waals surface area (Å²) in [4.78, 5) is 0. The molecule has 0 aliphatic heterocycles. The van der Waals surface area contributed by atoms with Crippen LogP contribution in [0, 0.1) is 0 Å². The minimum atomic E-state index is -0.986. The van der Waals surface area contributed by atoms with Crippen LogP contribution in [0.4, 0.5) is 0 Å². The minimum Gasteiger partial charge on any atom is -0.387 e. The van der Waals surface area contributed by atoms with Gasteiger partial charge in [-0.25, -0.2) is 0 Å². The molecule has 0 radical (unpaired) electrons. The van der Waals surface area contributed by atoms with Gasteiger partial charge in [-0.1, -0.05) is 76.4 Å². The first-order valence-corrected chi connectivity index (χ1v) is 11.0. The van der Waals surface area contributed by atoms with Crippen LogP contribution in [-0.2, 0) is 0 Å². The quantitative estimate of drug-likeness (QED) is 0.189. The van der Waals surface area contributed by atoms with E-state index in [4.69, 9.17) is 0 Å². The molecular weight excluding hydrogens is 320 g/mol. The molecule has 0 aromatic carbocycles. The molecule has 2 N–H and O–H groups in total. The van der Waals surface area contributed by atoms with Crippen LogP contribution in [0.2, 0.25) is 0 Å². The van der Waals surface area contributed by atoms with Crippen LogP contribution in [0.25, 0.3) is 0 Å². The molecule has 0 heterocycles. The Balaban J connectivity index is 3.79. The van der Waals surface area contributed by atoms with E-state index in [1.807, 2.05) is 26.0 Å². The topological polar surface area (TPSA) is 40.5 Å².